The van der Waals surface area contributed by atoms with Gasteiger partial charge in [0.15, 0.2) is 0 Å². The highest BCUT2D eigenvalue weighted by molar-refractivity contribution is 6.15. The van der Waals surface area contributed by atoms with Crippen molar-refractivity contribution < 1.29 is 10.2 Å². The van der Waals surface area contributed by atoms with Crippen LogP contribution in [-0.4, -0.2) is 34.7 Å². The maximum absolute atomic E-state index is 10.4. The molecule has 0 bridgehead atoms. The molecular weight excluding hydrogens is 444 g/mol. The van der Waals surface area contributed by atoms with E-state index in [4.69, 9.17) is 9.98 Å². The second-order valence-corrected chi connectivity index (χ2v) is 8.64. The van der Waals surface area contributed by atoms with Crippen molar-refractivity contribution in [2.45, 2.75) is 25.7 Å². The Balaban J connectivity index is 1.34. The summed E-state index contributed by atoms with van der Waals surface area (Å²) in [5.74, 6) is 0.494. The summed E-state index contributed by atoms with van der Waals surface area (Å²) in [4.78, 5) is 9.72. The van der Waals surface area contributed by atoms with E-state index < -0.39 is 0 Å². The van der Waals surface area contributed by atoms with E-state index in [9.17, 15) is 10.2 Å². The maximum atomic E-state index is 10.4. The van der Waals surface area contributed by atoms with Gasteiger partial charge in [-0.05, 0) is 37.1 Å². The van der Waals surface area contributed by atoms with E-state index in [0.29, 0.717) is 13.1 Å². The molecule has 0 amide bonds. The molecule has 0 unspecified atom stereocenters. The SMILES string of the molecule is Oc1ccccc1C(=NCCCCCCN=C(c1ccccc1)c1ccccc1O)c1ccccc1. The number of hydrogen-bond donors (Lipinski definition) is 2. The van der Waals surface area contributed by atoms with Crippen LogP contribution >= 0.6 is 0 Å². The third-order valence-corrected chi connectivity index (χ3v) is 6.02. The van der Waals surface area contributed by atoms with Crippen molar-refractivity contribution in [1.29, 1.82) is 0 Å². The van der Waals surface area contributed by atoms with Gasteiger partial charge in [0.2, 0.25) is 0 Å². The third kappa shape index (κ3) is 6.70. The second-order valence-electron chi connectivity index (χ2n) is 8.64. The van der Waals surface area contributed by atoms with Gasteiger partial charge in [0.25, 0.3) is 0 Å². The van der Waals surface area contributed by atoms with Crippen LogP contribution in [0.15, 0.2) is 119 Å². The summed E-state index contributed by atoms with van der Waals surface area (Å²) in [6.45, 7) is 1.41. The summed E-state index contributed by atoms with van der Waals surface area (Å²) in [7, 11) is 0. The van der Waals surface area contributed by atoms with E-state index in [2.05, 4.69) is 0 Å². The molecule has 0 aliphatic carbocycles. The Hall–Kier alpha value is -4.18. The minimum atomic E-state index is 0.247. The standard InChI is InChI=1S/C32H32N2O2/c35-29-21-11-9-19-27(29)31(25-15-5-3-6-16-25)33-23-13-1-2-14-24-34-32(26-17-7-4-8-18-26)28-20-10-12-22-30(28)36/h3-12,15-22,35-36H,1-2,13-14,23-24H2. The molecule has 0 atom stereocenters. The number of aliphatic imine (C=N–C) groups is 2. The summed E-state index contributed by atoms with van der Waals surface area (Å²) in [6.07, 6.45) is 4.05. The lowest BCUT2D eigenvalue weighted by Gasteiger charge is -2.10. The van der Waals surface area contributed by atoms with E-state index in [-0.39, 0.29) is 11.5 Å². The summed E-state index contributed by atoms with van der Waals surface area (Å²) in [5.41, 5.74) is 5.19. The van der Waals surface area contributed by atoms with Gasteiger partial charge in [-0.15, -0.1) is 0 Å². The highest BCUT2D eigenvalue weighted by Gasteiger charge is 2.11. The minimum Gasteiger partial charge on any atom is -0.507 e. The molecule has 4 nitrogen and oxygen atoms in total. The van der Waals surface area contributed by atoms with Gasteiger partial charge in [-0.1, -0.05) is 97.8 Å². The molecule has 0 saturated carbocycles. The van der Waals surface area contributed by atoms with E-state index in [1.807, 2.05) is 97.1 Å². The molecule has 182 valence electrons. The Kier molecular flexibility index (Phi) is 9.04. The minimum absolute atomic E-state index is 0.247. The number of hydrogen-bond acceptors (Lipinski definition) is 4. The monoisotopic (exact) mass is 476 g/mol. The number of phenolic OH excluding ortho intramolecular Hbond substituents is 2. The topological polar surface area (TPSA) is 65.2 Å². The molecular formula is C32H32N2O2. The van der Waals surface area contributed by atoms with Crippen LogP contribution in [0, 0.1) is 0 Å². The van der Waals surface area contributed by atoms with Crippen molar-refractivity contribution in [3.8, 4) is 11.5 Å². The van der Waals surface area contributed by atoms with Crippen molar-refractivity contribution in [3.63, 3.8) is 0 Å². The number of aromatic hydroxyl groups is 2. The summed E-state index contributed by atoms with van der Waals surface area (Å²) >= 11 is 0. The van der Waals surface area contributed by atoms with Gasteiger partial charge in [0.1, 0.15) is 11.5 Å². The molecule has 36 heavy (non-hydrogen) atoms. The van der Waals surface area contributed by atoms with Gasteiger partial charge in [0.05, 0.1) is 11.4 Å². The lowest BCUT2D eigenvalue weighted by Crippen LogP contribution is -2.05. The smallest absolute Gasteiger partial charge is 0.124 e. The van der Waals surface area contributed by atoms with Crippen molar-refractivity contribution in [3.05, 3.63) is 131 Å². The van der Waals surface area contributed by atoms with Crippen molar-refractivity contribution in [1.82, 2.24) is 0 Å². The van der Waals surface area contributed by atoms with Crippen molar-refractivity contribution >= 4 is 11.4 Å². The quantitative estimate of drug-likeness (QED) is 0.180. The predicted octanol–water partition coefficient (Wildman–Crippen LogP) is 7.03. The Morgan fingerprint density at radius 3 is 1.19 bits per heavy atom. The Morgan fingerprint density at radius 2 is 0.806 bits per heavy atom. The van der Waals surface area contributed by atoms with Crippen molar-refractivity contribution in [2.75, 3.05) is 13.1 Å². The molecule has 4 aromatic rings. The highest BCUT2D eigenvalue weighted by atomic mass is 16.3. The number of rotatable bonds is 11. The molecule has 0 aliphatic rings. The summed E-state index contributed by atoms with van der Waals surface area (Å²) in [6, 6.07) is 34.8. The number of unbranched alkanes of at least 4 members (excludes halogenated alkanes) is 3. The lowest BCUT2D eigenvalue weighted by molar-refractivity contribution is 0.473. The first-order valence-electron chi connectivity index (χ1n) is 12.5. The first-order chi connectivity index (χ1) is 17.7. The second kappa shape index (κ2) is 13.1. The van der Waals surface area contributed by atoms with Gasteiger partial charge in [-0.3, -0.25) is 9.98 Å². The van der Waals surface area contributed by atoms with Crippen LogP contribution in [0.25, 0.3) is 0 Å². The first kappa shape index (κ1) is 24.9. The van der Waals surface area contributed by atoms with Crippen LogP contribution in [0.3, 0.4) is 0 Å². The molecule has 0 spiro atoms. The van der Waals surface area contributed by atoms with Gasteiger partial charge in [0, 0.05) is 35.3 Å². The summed E-state index contributed by atoms with van der Waals surface area (Å²) < 4.78 is 0. The fraction of sp³-hybridized carbons (Fsp3) is 0.188. The zero-order valence-electron chi connectivity index (χ0n) is 20.4. The average molecular weight is 477 g/mol. The highest BCUT2D eigenvalue weighted by Crippen LogP contribution is 2.22. The lowest BCUT2D eigenvalue weighted by atomic mass is 10.0. The number of phenols is 2. The molecule has 4 rings (SSSR count). The fourth-order valence-corrected chi connectivity index (χ4v) is 4.16. The largest absolute Gasteiger partial charge is 0.507 e. The van der Waals surface area contributed by atoms with Gasteiger partial charge < -0.3 is 10.2 Å². The zero-order chi connectivity index (χ0) is 25.0. The Labute approximate surface area is 213 Å². The van der Waals surface area contributed by atoms with Crippen LogP contribution in [-0.2, 0) is 0 Å². The molecule has 4 aromatic carbocycles. The fourth-order valence-electron chi connectivity index (χ4n) is 4.16. The Morgan fingerprint density at radius 1 is 0.444 bits per heavy atom. The van der Waals surface area contributed by atoms with Crippen LogP contribution < -0.4 is 0 Å². The molecule has 0 aromatic heterocycles. The molecule has 0 aliphatic heterocycles. The normalized spacial score (nSPS) is 12.0. The zero-order valence-corrected chi connectivity index (χ0v) is 20.4. The Bertz CT molecular complexity index is 1200. The molecule has 0 radical (unpaired) electrons. The molecule has 0 fully saturated rings. The number of benzene rings is 4. The van der Waals surface area contributed by atoms with E-state index in [1.54, 1.807) is 12.1 Å². The van der Waals surface area contributed by atoms with Crippen molar-refractivity contribution in [2.24, 2.45) is 9.98 Å². The third-order valence-electron chi connectivity index (χ3n) is 6.02. The van der Waals surface area contributed by atoms with Crippen LogP contribution in [0.2, 0.25) is 0 Å². The summed E-state index contributed by atoms with van der Waals surface area (Å²) in [5, 5.41) is 20.7. The number of para-hydroxylation sites is 2. The molecule has 4 heteroatoms. The number of nitrogens with zero attached hydrogens (tertiary/aromatic N) is 2. The molecule has 0 saturated heterocycles. The molecule has 0 heterocycles. The van der Waals surface area contributed by atoms with Gasteiger partial charge in [-0.2, -0.15) is 0 Å². The van der Waals surface area contributed by atoms with E-state index >= 15 is 0 Å². The predicted molar refractivity (Wildman–Crippen MR) is 149 cm³/mol. The average Bonchev–Trinajstić information content (AvgIpc) is 2.92. The maximum Gasteiger partial charge on any atom is 0.124 e. The van der Waals surface area contributed by atoms with Crippen LogP contribution in [0.4, 0.5) is 0 Å². The van der Waals surface area contributed by atoms with Crippen LogP contribution in [0.5, 0.6) is 11.5 Å². The molecule has 2 N–H and O–H groups in total. The van der Waals surface area contributed by atoms with Gasteiger partial charge >= 0.3 is 0 Å². The first-order valence-corrected chi connectivity index (χ1v) is 12.5. The van der Waals surface area contributed by atoms with E-state index in [0.717, 1.165) is 59.4 Å². The van der Waals surface area contributed by atoms with Gasteiger partial charge in [-0.25, -0.2) is 0 Å². The van der Waals surface area contributed by atoms with E-state index in [1.165, 1.54) is 0 Å². The van der Waals surface area contributed by atoms with Crippen LogP contribution in [0.1, 0.15) is 47.9 Å².